The summed E-state index contributed by atoms with van der Waals surface area (Å²) in [7, 11) is 0. The van der Waals surface area contributed by atoms with Crippen molar-refractivity contribution in [3.8, 4) is 61.8 Å². The van der Waals surface area contributed by atoms with E-state index in [1.807, 2.05) is 48.5 Å². The second-order valence-corrected chi connectivity index (χ2v) is 16.1. The zero-order valence-electron chi connectivity index (χ0n) is 33.9. The predicted octanol–water partition coefficient (Wildman–Crippen LogP) is 15.7. The molecule has 4 heterocycles. The van der Waals surface area contributed by atoms with Crippen LogP contribution >= 0.6 is 0 Å². The Kier molecular flexibility index (Phi) is 7.84. The van der Waals surface area contributed by atoms with E-state index in [4.69, 9.17) is 18.8 Å². The third-order valence-corrected chi connectivity index (χ3v) is 12.4. The van der Waals surface area contributed by atoms with Crippen molar-refractivity contribution in [1.29, 1.82) is 0 Å². The maximum absolute atomic E-state index is 6.59. The van der Waals surface area contributed by atoms with Crippen LogP contribution in [0.3, 0.4) is 0 Å². The smallest absolute Gasteiger partial charge is 0.160 e. The Morgan fingerprint density at radius 1 is 0.317 bits per heavy atom. The molecule has 63 heavy (non-hydrogen) atoms. The van der Waals surface area contributed by atoms with Gasteiger partial charge in [-0.1, -0.05) is 140 Å². The lowest BCUT2D eigenvalue weighted by Gasteiger charge is -2.11. The predicted molar refractivity (Wildman–Crippen MR) is 258 cm³/mol. The number of para-hydroxylation sites is 2. The largest absolute Gasteiger partial charge is 0.456 e. The fourth-order valence-electron chi connectivity index (χ4n) is 9.42. The van der Waals surface area contributed by atoms with Gasteiger partial charge in [0.05, 0.1) is 22.4 Å². The molecule has 0 saturated heterocycles. The minimum atomic E-state index is 0.649. The van der Waals surface area contributed by atoms with Crippen LogP contribution in [0.25, 0.3) is 128 Å². The first-order valence-corrected chi connectivity index (χ1v) is 21.2. The highest BCUT2D eigenvalue weighted by Gasteiger charge is 2.20. The Morgan fingerprint density at radius 2 is 0.921 bits per heavy atom. The third kappa shape index (κ3) is 5.78. The molecule has 0 saturated carbocycles. The molecule has 5 heteroatoms. The van der Waals surface area contributed by atoms with Gasteiger partial charge in [-0.05, 0) is 95.1 Å². The summed E-state index contributed by atoms with van der Waals surface area (Å²) in [5.74, 6) is 0.649. The molecule has 0 atom stereocenters. The molecule has 0 N–H and O–H groups in total. The third-order valence-electron chi connectivity index (χ3n) is 12.4. The van der Waals surface area contributed by atoms with E-state index in [0.717, 1.165) is 94.3 Å². The molecule has 0 spiro atoms. The molecule has 0 fully saturated rings. The number of fused-ring (bicyclic) bond motifs is 9. The van der Waals surface area contributed by atoms with Gasteiger partial charge in [-0.15, -0.1) is 0 Å². The van der Waals surface area contributed by atoms with Crippen LogP contribution in [0.4, 0.5) is 0 Å². The summed E-state index contributed by atoms with van der Waals surface area (Å²) >= 11 is 0. The standard InChI is InChI=1S/C58H35N3O2/c1-4-13-36(14-5-1)38-25-29-51-47(31-38)43-27-23-40(33-52(43)61(51)42-17-8-3-9-18-42)39-26-30-54-48(32-39)57-46(20-12-22-55(57)62-54)50-35-49(59-58(60-50)37-15-6-2-7-16-37)41-24-28-45-44-19-10-11-21-53(44)63-56(45)34-41/h1-35H. The fourth-order valence-corrected chi connectivity index (χ4v) is 9.42. The highest BCUT2D eigenvalue weighted by atomic mass is 16.3. The molecule has 0 amide bonds. The second kappa shape index (κ2) is 14.0. The van der Waals surface area contributed by atoms with Crippen LogP contribution < -0.4 is 0 Å². The van der Waals surface area contributed by atoms with E-state index in [0.29, 0.717) is 5.82 Å². The Bertz CT molecular complexity index is 3900. The zero-order chi connectivity index (χ0) is 41.4. The molecule has 0 bridgehead atoms. The van der Waals surface area contributed by atoms with Crippen molar-refractivity contribution in [2.75, 3.05) is 0 Å². The first-order valence-electron chi connectivity index (χ1n) is 21.2. The van der Waals surface area contributed by atoms with E-state index in [1.165, 1.54) is 27.4 Å². The van der Waals surface area contributed by atoms with Gasteiger partial charge in [0.2, 0.25) is 0 Å². The molecule has 0 aliphatic carbocycles. The number of rotatable bonds is 6. The van der Waals surface area contributed by atoms with E-state index >= 15 is 0 Å². The number of nitrogens with zero attached hydrogens (tertiary/aromatic N) is 3. The lowest BCUT2D eigenvalue weighted by atomic mass is 9.98. The average Bonchev–Trinajstić information content (AvgIpc) is 4.03. The summed E-state index contributed by atoms with van der Waals surface area (Å²) in [5, 5.41) is 6.65. The van der Waals surface area contributed by atoms with Crippen molar-refractivity contribution in [2.24, 2.45) is 0 Å². The molecule has 294 valence electrons. The lowest BCUT2D eigenvalue weighted by molar-refractivity contribution is 0.668. The maximum atomic E-state index is 6.59. The van der Waals surface area contributed by atoms with Gasteiger partial charge in [0, 0.05) is 54.7 Å². The van der Waals surface area contributed by atoms with E-state index in [9.17, 15) is 0 Å². The molecular weight excluding hydrogens is 771 g/mol. The molecule has 9 aromatic carbocycles. The van der Waals surface area contributed by atoms with Gasteiger partial charge in [0.25, 0.3) is 0 Å². The molecule has 13 rings (SSSR count). The first kappa shape index (κ1) is 35.2. The quantitative estimate of drug-likeness (QED) is 0.168. The first-order chi connectivity index (χ1) is 31.2. The van der Waals surface area contributed by atoms with Crippen LogP contribution in [-0.2, 0) is 0 Å². The fraction of sp³-hybridized carbons (Fsp3) is 0. The van der Waals surface area contributed by atoms with Crippen molar-refractivity contribution < 1.29 is 8.83 Å². The molecule has 4 aromatic heterocycles. The van der Waals surface area contributed by atoms with E-state index in [-0.39, 0.29) is 0 Å². The van der Waals surface area contributed by atoms with E-state index in [1.54, 1.807) is 0 Å². The van der Waals surface area contributed by atoms with Crippen molar-refractivity contribution in [2.45, 2.75) is 0 Å². The number of aromatic nitrogens is 3. The van der Waals surface area contributed by atoms with Gasteiger partial charge >= 0.3 is 0 Å². The molecule has 0 radical (unpaired) electrons. The minimum absolute atomic E-state index is 0.649. The second-order valence-electron chi connectivity index (χ2n) is 16.1. The molecular formula is C58H35N3O2. The summed E-state index contributed by atoms with van der Waals surface area (Å²) in [5.41, 5.74) is 15.9. The number of benzene rings is 9. The SMILES string of the molecule is c1ccc(-c2ccc3c(c2)c2ccc(-c4ccc5oc6cccc(-c7cc(-c8ccc9c(c8)oc8ccccc89)nc(-c8ccccc8)n7)c6c5c4)cc2n3-c2ccccc2)cc1. The number of furan rings is 2. The van der Waals surface area contributed by atoms with Crippen molar-refractivity contribution in [1.82, 2.24) is 14.5 Å². The van der Waals surface area contributed by atoms with Crippen LogP contribution in [-0.4, -0.2) is 14.5 Å². The van der Waals surface area contributed by atoms with Gasteiger partial charge in [-0.2, -0.15) is 0 Å². The summed E-state index contributed by atoms with van der Waals surface area (Å²) in [6.07, 6.45) is 0. The van der Waals surface area contributed by atoms with Crippen LogP contribution in [0.1, 0.15) is 0 Å². The topological polar surface area (TPSA) is 57.0 Å². The van der Waals surface area contributed by atoms with Crippen LogP contribution in [0.2, 0.25) is 0 Å². The van der Waals surface area contributed by atoms with Gasteiger partial charge in [-0.25, -0.2) is 9.97 Å². The minimum Gasteiger partial charge on any atom is -0.456 e. The van der Waals surface area contributed by atoms with Gasteiger partial charge < -0.3 is 13.4 Å². The maximum Gasteiger partial charge on any atom is 0.160 e. The number of hydrogen-bond acceptors (Lipinski definition) is 4. The van der Waals surface area contributed by atoms with Gasteiger partial charge in [0.15, 0.2) is 5.82 Å². The molecule has 0 aliphatic rings. The molecule has 13 aromatic rings. The number of hydrogen-bond donors (Lipinski definition) is 0. The van der Waals surface area contributed by atoms with Crippen LogP contribution in [0.5, 0.6) is 0 Å². The average molecular weight is 806 g/mol. The van der Waals surface area contributed by atoms with Crippen molar-refractivity contribution in [3.63, 3.8) is 0 Å². The Labute approximate surface area is 361 Å². The van der Waals surface area contributed by atoms with Gasteiger partial charge in [-0.3, -0.25) is 0 Å². The van der Waals surface area contributed by atoms with Crippen molar-refractivity contribution >= 4 is 65.7 Å². The highest BCUT2D eigenvalue weighted by Crippen LogP contribution is 2.42. The monoisotopic (exact) mass is 805 g/mol. The molecule has 0 unspecified atom stereocenters. The summed E-state index contributed by atoms with van der Waals surface area (Å²) < 4.78 is 15.3. The van der Waals surface area contributed by atoms with E-state index in [2.05, 4.69) is 168 Å². The Balaban J connectivity index is 0.981. The van der Waals surface area contributed by atoms with Crippen LogP contribution in [0, 0.1) is 0 Å². The van der Waals surface area contributed by atoms with Crippen molar-refractivity contribution in [3.05, 3.63) is 212 Å². The zero-order valence-corrected chi connectivity index (χ0v) is 33.9. The highest BCUT2D eigenvalue weighted by molar-refractivity contribution is 6.14. The summed E-state index contributed by atoms with van der Waals surface area (Å²) in [6, 6.07) is 74.5. The molecule has 5 nitrogen and oxygen atoms in total. The lowest BCUT2D eigenvalue weighted by Crippen LogP contribution is -1.96. The van der Waals surface area contributed by atoms with Crippen LogP contribution in [0.15, 0.2) is 221 Å². The summed E-state index contributed by atoms with van der Waals surface area (Å²) in [4.78, 5) is 10.4. The Hall–Kier alpha value is -8.54. The molecule has 0 aliphatic heterocycles. The Morgan fingerprint density at radius 3 is 1.78 bits per heavy atom. The van der Waals surface area contributed by atoms with E-state index < -0.39 is 0 Å². The summed E-state index contributed by atoms with van der Waals surface area (Å²) in [6.45, 7) is 0. The van der Waals surface area contributed by atoms with Gasteiger partial charge in [0.1, 0.15) is 22.3 Å². The normalized spacial score (nSPS) is 11.8.